The minimum atomic E-state index is -1.34. The second-order valence-corrected chi connectivity index (χ2v) is 6.99. The van der Waals surface area contributed by atoms with Crippen LogP contribution >= 0.6 is 11.3 Å². The molecule has 2 N–H and O–H groups in total. The number of carboxylic acid groups (broad SMARTS) is 1. The van der Waals surface area contributed by atoms with Gasteiger partial charge in [0.1, 0.15) is 16.2 Å². The van der Waals surface area contributed by atoms with Gasteiger partial charge in [-0.25, -0.2) is 9.18 Å². The van der Waals surface area contributed by atoms with Crippen LogP contribution in [0.2, 0.25) is 0 Å². The maximum absolute atomic E-state index is 14.7. The molecule has 1 aliphatic heterocycles. The number of aromatic carboxylic acids is 1. The van der Waals surface area contributed by atoms with Gasteiger partial charge in [-0.1, -0.05) is 11.3 Å². The average Bonchev–Trinajstić information content (AvgIpc) is 3.06. The first-order valence-corrected chi connectivity index (χ1v) is 8.87. The van der Waals surface area contributed by atoms with Crippen molar-refractivity contribution in [1.29, 1.82) is 0 Å². The molecule has 26 heavy (non-hydrogen) atoms. The van der Waals surface area contributed by atoms with Crippen LogP contribution in [0.15, 0.2) is 23.1 Å². The fourth-order valence-corrected chi connectivity index (χ4v) is 4.24. The quantitative estimate of drug-likeness (QED) is 0.724. The SMILES string of the molecule is COc1cn2c(s1)c(C(=O)O)c(=O)c1cc(F)c(N3CCNCC3)cc12. The normalized spacial score (nSPS) is 14.9. The van der Waals surface area contributed by atoms with Gasteiger partial charge >= 0.3 is 5.97 Å². The van der Waals surface area contributed by atoms with Gasteiger partial charge in [0, 0.05) is 26.2 Å². The molecule has 1 saturated heterocycles. The second-order valence-electron chi connectivity index (χ2n) is 6.00. The summed E-state index contributed by atoms with van der Waals surface area (Å²) < 4.78 is 21.5. The van der Waals surface area contributed by atoms with Gasteiger partial charge in [0.2, 0.25) is 5.43 Å². The standard InChI is InChI=1S/C17H16FN3O4S/c1-25-13-8-21-11-7-12(20-4-2-19-3-5-20)10(18)6-9(11)15(22)14(17(23)24)16(21)26-13/h6-8,19H,2-5H2,1H3,(H,23,24). The van der Waals surface area contributed by atoms with E-state index in [1.54, 1.807) is 16.7 Å². The van der Waals surface area contributed by atoms with Gasteiger partial charge in [-0.3, -0.25) is 4.79 Å². The smallest absolute Gasteiger partial charge is 0.342 e. The molecule has 3 heterocycles. The third-order valence-electron chi connectivity index (χ3n) is 4.53. The maximum atomic E-state index is 14.7. The molecular weight excluding hydrogens is 361 g/mol. The highest BCUT2D eigenvalue weighted by Gasteiger charge is 2.23. The Balaban J connectivity index is 2.07. The van der Waals surface area contributed by atoms with E-state index in [1.165, 1.54) is 7.11 Å². The Hall–Kier alpha value is -2.65. The monoisotopic (exact) mass is 377 g/mol. The molecule has 0 amide bonds. The number of carbonyl (C=O) groups is 1. The number of methoxy groups -OCH3 is 1. The number of aromatic nitrogens is 1. The highest BCUT2D eigenvalue weighted by molar-refractivity contribution is 7.19. The molecule has 0 atom stereocenters. The number of rotatable bonds is 3. The molecule has 0 aliphatic carbocycles. The van der Waals surface area contributed by atoms with Crippen LogP contribution in [0.4, 0.5) is 10.1 Å². The van der Waals surface area contributed by atoms with Crippen molar-refractivity contribution in [1.82, 2.24) is 9.72 Å². The number of nitrogens with one attached hydrogen (secondary N) is 1. The number of thiazole rings is 1. The van der Waals surface area contributed by atoms with Crippen molar-refractivity contribution in [2.75, 3.05) is 38.2 Å². The molecule has 0 unspecified atom stereocenters. The van der Waals surface area contributed by atoms with Crippen LogP contribution in [-0.2, 0) is 0 Å². The lowest BCUT2D eigenvalue weighted by atomic mass is 10.1. The lowest BCUT2D eigenvalue weighted by Crippen LogP contribution is -2.43. The van der Waals surface area contributed by atoms with Crippen LogP contribution in [0.1, 0.15) is 10.4 Å². The summed E-state index contributed by atoms with van der Waals surface area (Å²) in [4.78, 5) is 26.5. The molecular formula is C17H16FN3O4S. The van der Waals surface area contributed by atoms with Crippen molar-refractivity contribution in [2.24, 2.45) is 0 Å². The minimum Gasteiger partial charge on any atom is -0.486 e. The summed E-state index contributed by atoms with van der Waals surface area (Å²) >= 11 is 1.07. The fraction of sp³-hybridized carbons (Fsp3) is 0.294. The number of piperazine rings is 1. The van der Waals surface area contributed by atoms with Gasteiger partial charge in [0.25, 0.3) is 0 Å². The summed E-state index contributed by atoms with van der Waals surface area (Å²) in [6.07, 6.45) is 1.62. The number of nitrogens with zero attached hydrogens (tertiary/aromatic N) is 2. The Kier molecular flexibility index (Phi) is 4.04. The van der Waals surface area contributed by atoms with E-state index >= 15 is 0 Å². The lowest BCUT2D eigenvalue weighted by molar-refractivity contribution is 0.0697. The first kappa shape index (κ1) is 16.8. The average molecular weight is 377 g/mol. The number of carboxylic acids is 1. The molecule has 4 rings (SSSR count). The van der Waals surface area contributed by atoms with Gasteiger partial charge in [-0.05, 0) is 12.1 Å². The Morgan fingerprint density at radius 1 is 1.35 bits per heavy atom. The first-order chi connectivity index (χ1) is 12.5. The van der Waals surface area contributed by atoms with E-state index in [2.05, 4.69) is 5.32 Å². The number of anilines is 1. The second kappa shape index (κ2) is 6.26. The lowest BCUT2D eigenvalue weighted by Gasteiger charge is -2.30. The summed E-state index contributed by atoms with van der Waals surface area (Å²) in [5.41, 5.74) is -0.201. The molecule has 0 saturated carbocycles. The van der Waals surface area contributed by atoms with Crippen LogP contribution in [-0.4, -0.2) is 48.8 Å². The molecule has 136 valence electrons. The molecule has 2 aromatic heterocycles. The van der Waals surface area contributed by atoms with Crippen LogP contribution in [0, 0.1) is 5.82 Å². The predicted molar refractivity (Wildman–Crippen MR) is 97.6 cm³/mol. The van der Waals surface area contributed by atoms with Crippen molar-refractivity contribution in [2.45, 2.75) is 0 Å². The number of fused-ring (bicyclic) bond motifs is 3. The molecule has 1 fully saturated rings. The van der Waals surface area contributed by atoms with Crippen molar-refractivity contribution < 1.29 is 19.0 Å². The summed E-state index contributed by atoms with van der Waals surface area (Å²) in [5, 5.41) is 13.2. The van der Waals surface area contributed by atoms with Gasteiger partial charge < -0.3 is 24.5 Å². The minimum absolute atomic E-state index is 0.0386. The van der Waals surface area contributed by atoms with E-state index in [0.717, 1.165) is 30.5 Å². The van der Waals surface area contributed by atoms with Gasteiger partial charge in [-0.2, -0.15) is 0 Å². The number of benzene rings is 1. The summed E-state index contributed by atoms with van der Waals surface area (Å²) in [6.45, 7) is 2.80. The van der Waals surface area contributed by atoms with Crippen molar-refractivity contribution in [3.05, 3.63) is 39.9 Å². The van der Waals surface area contributed by atoms with E-state index < -0.39 is 17.2 Å². The van der Waals surface area contributed by atoms with Gasteiger partial charge in [-0.15, -0.1) is 0 Å². The summed E-state index contributed by atoms with van der Waals surface area (Å²) in [5.74, 6) is -1.87. The van der Waals surface area contributed by atoms with Crippen molar-refractivity contribution >= 4 is 38.7 Å². The van der Waals surface area contributed by atoms with Gasteiger partial charge in [0.05, 0.1) is 29.9 Å². The molecule has 3 aromatic rings. The number of ether oxygens (including phenoxy) is 1. The zero-order valence-corrected chi connectivity index (χ0v) is 14.7. The summed E-state index contributed by atoms with van der Waals surface area (Å²) in [6, 6.07) is 2.75. The van der Waals surface area contributed by atoms with E-state index in [1.807, 2.05) is 4.90 Å². The molecule has 0 spiro atoms. The molecule has 1 aromatic carbocycles. The fourth-order valence-electron chi connectivity index (χ4n) is 3.28. The Morgan fingerprint density at radius 3 is 2.73 bits per heavy atom. The number of halogens is 1. The molecule has 0 radical (unpaired) electrons. The van der Waals surface area contributed by atoms with Gasteiger partial charge in [0.15, 0.2) is 5.06 Å². The molecule has 9 heteroatoms. The van der Waals surface area contributed by atoms with Crippen LogP contribution in [0.5, 0.6) is 5.06 Å². The topological polar surface area (TPSA) is 83.3 Å². The van der Waals surface area contributed by atoms with E-state index in [0.29, 0.717) is 29.4 Å². The highest BCUT2D eigenvalue weighted by Crippen LogP contribution is 2.32. The maximum Gasteiger partial charge on any atom is 0.342 e. The van der Waals surface area contributed by atoms with Crippen LogP contribution < -0.4 is 20.4 Å². The van der Waals surface area contributed by atoms with E-state index in [9.17, 15) is 19.1 Å². The highest BCUT2D eigenvalue weighted by atomic mass is 32.1. The zero-order chi connectivity index (χ0) is 18.4. The zero-order valence-electron chi connectivity index (χ0n) is 13.9. The Morgan fingerprint density at radius 2 is 2.08 bits per heavy atom. The molecule has 7 nitrogen and oxygen atoms in total. The largest absolute Gasteiger partial charge is 0.486 e. The molecule has 0 bridgehead atoms. The number of hydrogen-bond donors (Lipinski definition) is 2. The summed E-state index contributed by atoms with van der Waals surface area (Å²) in [7, 11) is 1.47. The van der Waals surface area contributed by atoms with E-state index in [4.69, 9.17) is 4.74 Å². The van der Waals surface area contributed by atoms with E-state index in [-0.39, 0.29) is 15.8 Å². The Bertz CT molecular complexity index is 1090. The third kappa shape index (κ3) is 2.51. The van der Waals surface area contributed by atoms with Crippen molar-refractivity contribution in [3.8, 4) is 5.06 Å². The predicted octanol–water partition coefficient (Wildman–Crippen LogP) is 1.77. The van der Waals surface area contributed by atoms with Crippen LogP contribution in [0.3, 0.4) is 0 Å². The first-order valence-electron chi connectivity index (χ1n) is 8.05. The number of hydrogen-bond acceptors (Lipinski definition) is 6. The molecule has 1 aliphatic rings. The third-order valence-corrected chi connectivity index (χ3v) is 5.60. The van der Waals surface area contributed by atoms with Crippen molar-refractivity contribution in [3.63, 3.8) is 0 Å². The Labute approximate surface area is 151 Å². The van der Waals surface area contributed by atoms with Crippen LogP contribution in [0.25, 0.3) is 15.7 Å². The number of pyridine rings is 1.